The second-order valence-corrected chi connectivity index (χ2v) is 2.53. The molecule has 0 amide bonds. The van der Waals surface area contributed by atoms with E-state index in [1.54, 1.807) is 7.11 Å². The summed E-state index contributed by atoms with van der Waals surface area (Å²) in [6.07, 6.45) is 0.721. The van der Waals surface area contributed by atoms with Gasteiger partial charge in [0.1, 0.15) is 11.5 Å². The van der Waals surface area contributed by atoms with Crippen molar-refractivity contribution in [3.8, 4) is 0 Å². The van der Waals surface area contributed by atoms with Gasteiger partial charge in [-0.2, -0.15) is 0 Å². The molecule has 4 heteroatoms. The molecule has 0 aliphatic heterocycles. The van der Waals surface area contributed by atoms with Gasteiger partial charge < -0.3 is 9.26 Å². The SMILES string of the molecule is COCc1cc(CCCl)on1. The normalized spacial score (nSPS) is 10.4. The van der Waals surface area contributed by atoms with E-state index in [0.717, 1.165) is 17.9 Å². The minimum absolute atomic E-state index is 0.492. The Morgan fingerprint density at radius 2 is 2.55 bits per heavy atom. The molecule has 0 saturated carbocycles. The van der Waals surface area contributed by atoms with E-state index in [-0.39, 0.29) is 0 Å². The van der Waals surface area contributed by atoms with Crippen LogP contribution in [0.4, 0.5) is 0 Å². The lowest BCUT2D eigenvalue weighted by molar-refractivity contribution is 0.177. The Balaban J connectivity index is 2.51. The summed E-state index contributed by atoms with van der Waals surface area (Å²) < 4.78 is 9.81. The molecular weight excluding hydrogens is 166 g/mol. The summed E-state index contributed by atoms with van der Waals surface area (Å²) in [7, 11) is 1.62. The smallest absolute Gasteiger partial charge is 0.138 e. The molecule has 0 N–H and O–H groups in total. The van der Waals surface area contributed by atoms with Gasteiger partial charge in [-0.3, -0.25) is 0 Å². The Hall–Kier alpha value is -0.540. The van der Waals surface area contributed by atoms with Crippen LogP contribution in [-0.2, 0) is 17.8 Å². The average Bonchev–Trinajstić information content (AvgIpc) is 2.38. The summed E-state index contributed by atoms with van der Waals surface area (Å²) in [4.78, 5) is 0. The van der Waals surface area contributed by atoms with Crippen molar-refractivity contribution in [3.63, 3.8) is 0 Å². The van der Waals surface area contributed by atoms with Crippen LogP contribution in [0.15, 0.2) is 10.6 Å². The Labute approximate surface area is 70.3 Å². The molecule has 0 bridgehead atoms. The molecular formula is C7H10ClNO2. The van der Waals surface area contributed by atoms with Crippen LogP contribution < -0.4 is 0 Å². The number of hydrogen-bond donors (Lipinski definition) is 0. The molecule has 0 fully saturated rings. The lowest BCUT2D eigenvalue weighted by atomic mass is 10.3. The van der Waals surface area contributed by atoms with E-state index in [4.69, 9.17) is 20.9 Å². The molecule has 0 aromatic carbocycles. The van der Waals surface area contributed by atoms with E-state index in [9.17, 15) is 0 Å². The van der Waals surface area contributed by atoms with Gasteiger partial charge in [-0.05, 0) is 0 Å². The third-order valence-electron chi connectivity index (χ3n) is 1.24. The zero-order chi connectivity index (χ0) is 8.10. The molecule has 11 heavy (non-hydrogen) atoms. The standard InChI is InChI=1S/C7H10ClNO2/c1-10-5-6-4-7(2-3-8)11-9-6/h4H,2-3,5H2,1H3. The summed E-state index contributed by atoms with van der Waals surface area (Å²) >= 11 is 5.50. The van der Waals surface area contributed by atoms with Crippen LogP contribution in [0.3, 0.4) is 0 Å². The predicted octanol–water partition coefficient (Wildman–Crippen LogP) is 1.60. The average molecular weight is 176 g/mol. The topological polar surface area (TPSA) is 35.3 Å². The first-order valence-electron chi connectivity index (χ1n) is 3.36. The van der Waals surface area contributed by atoms with Gasteiger partial charge in [0.25, 0.3) is 0 Å². The Morgan fingerprint density at radius 3 is 3.18 bits per heavy atom. The first-order chi connectivity index (χ1) is 5.36. The molecule has 3 nitrogen and oxygen atoms in total. The quantitative estimate of drug-likeness (QED) is 0.653. The fourth-order valence-corrected chi connectivity index (χ4v) is 0.969. The van der Waals surface area contributed by atoms with Gasteiger partial charge in [0.2, 0.25) is 0 Å². The number of aryl methyl sites for hydroxylation is 1. The van der Waals surface area contributed by atoms with Crippen LogP contribution in [0, 0.1) is 0 Å². The van der Waals surface area contributed by atoms with Crippen LogP contribution in [0.2, 0.25) is 0 Å². The molecule has 0 unspecified atom stereocenters. The van der Waals surface area contributed by atoms with Crippen molar-refractivity contribution in [2.24, 2.45) is 0 Å². The molecule has 0 aliphatic carbocycles. The third-order valence-corrected chi connectivity index (χ3v) is 1.43. The summed E-state index contributed by atoms with van der Waals surface area (Å²) in [5, 5.41) is 3.77. The van der Waals surface area contributed by atoms with Gasteiger partial charge in [0.15, 0.2) is 0 Å². The highest BCUT2D eigenvalue weighted by Gasteiger charge is 2.01. The molecule has 0 spiro atoms. The molecule has 1 aromatic rings. The summed E-state index contributed by atoms with van der Waals surface area (Å²) in [6, 6.07) is 1.85. The van der Waals surface area contributed by atoms with Crippen molar-refractivity contribution in [3.05, 3.63) is 17.5 Å². The molecule has 62 valence electrons. The maximum Gasteiger partial charge on any atom is 0.138 e. The number of hydrogen-bond acceptors (Lipinski definition) is 3. The van der Waals surface area contributed by atoms with Crippen LogP contribution in [0.25, 0.3) is 0 Å². The van der Waals surface area contributed by atoms with Crippen molar-refractivity contribution < 1.29 is 9.26 Å². The van der Waals surface area contributed by atoms with Gasteiger partial charge in [0.05, 0.1) is 6.61 Å². The highest BCUT2D eigenvalue weighted by atomic mass is 35.5. The summed E-state index contributed by atoms with van der Waals surface area (Å²) in [5.74, 6) is 1.37. The molecule has 0 aliphatic rings. The van der Waals surface area contributed by atoms with E-state index in [1.807, 2.05) is 6.07 Å². The first kappa shape index (κ1) is 8.56. The van der Waals surface area contributed by atoms with Crippen molar-refractivity contribution in [2.45, 2.75) is 13.0 Å². The van der Waals surface area contributed by atoms with Gasteiger partial charge in [-0.1, -0.05) is 5.16 Å². The fraction of sp³-hybridized carbons (Fsp3) is 0.571. The zero-order valence-corrected chi connectivity index (χ0v) is 7.10. The summed E-state index contributed by atoms with van der Waals surface area (Å²) in [6.45, 7) is 0.492. The molecule has 1 heterocycles. The van der Waals surface area contributed by atoms with Crippen LogP contribution in [0.1, 0.15) is 11.5 Å². The highest BCUT2D eigenvalue weighted by Crippen LogP contribution is 2.05. The summed E-state index contributed by atoms with van der Waals surface area (Å²) in [5.41, 5.74) is 0.813. The van der Waals surface area contributed by atoms with Gasteiger partial charge in [-0.25, -0.2) is 0 Å². The second-order valence-electron chi connectivity index (χ2n) is 2.16. The maximum absolute atomic E-state index is 5.50. The minimum atomic E-state index is 0.492. The lowest BCUT2D eigenvalue weighted by Gasteiger charge is -1.87. The van der Waals surface area contributed by atoms with Gasteiger partial charge in [-0.15, -0.1) is 11.6 Å². The zero-order valence-electron chi connectivity index (χ0n) is 6.34. The molecule has 1 rings (SSSR count). The first-order valence-corrected chi connectivity index (χ1v) is 3.89. The Kier molecular flexibility index (Phi) is 3.39. The van der Waals surface area contributed by atoms with Crippen molar-refractivity contribution >= 4 is 11.6 Å². The number of halogens is 1. The number of aromatic nitrogens is 1. The maximum atomic E-state index is 5.50. The largest absolute Gasteiger partial charge is 0.378 e. The molecule has 0 radical (unpaired) electrons. The van der Waals surface area contributed by atoms with Crippen molar-refractivity contribution in [1.29, 1.82) is 0 Å². The number of ether oxygens (including phenoxy) is 1. The van der Waals surface area contributed by atoms with E-state index in [1.165, 1.54) is 0 Å². The molecule has 1 aromatic heterocycles. The minimum Gasteiger partial charge on any atom is -0.378 e. The van der Waals surface area contributed by atoms with Crippen LogP contribution in [0.5, 0.6) is 0 Å². The Morgan fingerprint density at radius 1 is 1.73 bits per heavy atom. The highest BCUT2D eigenvalue weighted by molar-refractivity contribution is 6.17. The van der Waals surface area contributed by atoms with Crippen molar-refractivity contribution in [2.75, 3.05) is 13.0 Å². The number of methoxy groups -OCH3 is 1. The number of nitrogens with zero attached hydrogens (tertiary/aromatic N) is 1. The van der Waals surface area contributed by atoms with E-state index in [2.05, 4.69) is 5.16 Å². The number of alkyl halides is 1. The molecule has 0 saturated heterocycles. The fourth-order valence-electron chi connectivity index (χ4n) is 0.783. The van der Waals surface area contributed by atoms with Gasteiger partial charge in [0, 0.05) is 25.5 Å². The van der Waals surface area contributed by atoms with Gasteiger partial charge >= 0.3 is 0 Å². The van der Waals surface area contributed by atoms with E-state index < -0.39 is 0 Å². The van der Waals surface area contributed by atoms with Crippen LogP contribution in [-0.4, -0.2) is 18.1 Å². The molecule has 0 atom stereocenters. The lowest BCUT2D eigenvalue weighted by Crippen LogP contribution is -1.85. The van der Waals surface area contributed by atoms with Crippen molar-refractivity contribution in [1.82, 2.24) is 5.16 Å². The third kappa shape index (κ3) is 2.52. The number of rotatable bonds is 4. The van der Waals surface area contributed by atoms with E-state index >= 15 is 0 Å². The van der Waals surface area contributed by atoms with Crippen LogP contribution >= 0.6 is 11.6 Å². The predicted molar refractivity (Wildman–Crippen MR) is 41.6 cm³/mol. The van der Waals surface area contributed by atoms with E-state index in [0.29, 0.717) is 12.5 Å². The monoisotopic (exact) mass is 175 g/mol. The Bertz CT molecular complexity index is 191. The second kappa shape index (κ2) is 4.36.